The number of aryl methyl sites for hydroxylation is 1. The van der Waals surface area contributed by atoms with Crippen LogP contribution in [-0.4, -0.2) is 15.9 Å². The van der Waals surface area contributed by atoms with Crippen LogP contribution in [0, 0.1) is 11.7 Å². The Morgan fingerprint density at radius 1 is 1.20 bits per heavy atom. The summed E-state index contributed by atoms with van der Waals surface area (Å²) in [6.45, 7) is 13.4. The van der Waals surface area contributed by atoms with Gasteiger partial charge in [-0.15, -0.1) is 0 Å². The third-order valence-electron chi connectivity index (χ3n) is 5.66. The lowest BCUT2D eigenvalue weighted by atomic mass is 9.97. The molecule has 1 atom stereocenters. The van der Waals surface area contributed by atoms with Gasteiger partial charge >= 0.3 is 0 Å². The van der Waals surface area contributed by atoms with Crippen LogP contribution in [0.4, 0.5) is 4.39 Å². The van der Waals surface area contributed by atoms with Crippen LogP contribution in [0.3, 0.4) is 0 Å². The number of aromatic amines is 1. The maximum absolute atomic E-state index is 13.2. The minimum atomic E-state index is -0.193. The van der Waals surface area contributed by atoms with Crippen molar-refractivity contribution in [1.29, 1.82) is 0 Å². The fourth-order valence-corrected chi connectivity index (χ4v) is 3.86. The van der Waals surface area contributed by atoms with Crippen LogP contribution < -0.4 is 0 Å². The van der Waals surface area contributed by atoms with Gasteiger partial charge in [0.25, 0.3) is 0 Å². The average molecular weight is 405 g/mol. The van der Waals surface area contributed by atoms with Gasteiger partial charge in [-0.3, -0.25) is 0 Å². The number of hydrogen-bond donors (Lipinski definition) is 1. The number of rotatable bonds is 11. The van der Waals surface area contributed by atoms with Crippen molar-refractivity contribution in [1.82, 2.24) is 9.88 Å². The van der Waals surface area contributed by atoms with E-state index in [1.54, 1.807) is 0 Å². The molecular formula is C27H33FN2. The maximum atomic E-state index is 13.2. The molecule has 1 unspecified atom stereocenters. The summed E-state index contributed by atoms with van der Waals surface area (Å²) in [5.74, 6) is 0.449. The highest BCUT2D eigenvalue weighted by Gasteiger charge is 2.37. The fourth-order valence-electron chi connectivity index (χ4n) is 3.86. The molecule has 1 N–H and O–H groups in total. The van der Waals surface area contributed by atoms with E-state index in [0.717, 1.165) is 36.2 Å². The normalized spacial score (nSPS) is 15.4. The highest BCUT2D eigenvalue weighted by Crippen LogP contribution is 2.41. The molecule has 1 aliphatic rings. The number of aromatic nitrogens is 1. The second-order valence-corrected chi connectivity index (χ2v) is 8.27. The predicted molar refractivity (Wildman–Crippen MR) is 124 cm³/mol. The molecule has 0 saturated heterocycles. The van der Waals surface area contributed by atoms with Crippen LogP contribution in [0.2, 0.25) is 0 Å². The number of benzene rings is 1. The van der Waals surface area contributed by atoms with Gasteiger partial charge in [0.1, 0.15) is 5.82 Å². The Kier molecular flexibility index (Phi) is 7.51. The molecule has 0 amide bonds. The molecule has 30 heavy (non-hydrogen) atoms. The molecule has 0 radical (unpaired) electrons. The van der Waals surface area contributed by atoms with Crippen molar-refractivity contribution in [3.63, 3.8) is 0 Å². The van der Waals surface area contributed by atoms with Gasteiger partial charge in [-0.05, 0) is 80.9 Å². The lowest BCUT2D eigenvalue weighted by Crippen LogP contribution is -2.37. The second-order valence-electron chi connectivity index (χ2n) is 8.27. The summed E-state index contributed by atoms with van der Waals surface area (Å²) in [6, 6.07) is 11.3. The SMILES string of the molecule is C=C(C)/C=C\C(=C/C)C(C1CC1)N(Cc1ccc[nH]1)C(=C)CCc1ccc(F)cc1. The molecule has 3 heteroatoms. The Morgan fingerprint density at radius 2 is 1.93 bits per heavy atom. The van der Waals surface area contributed by atoms with Crippen molar-refractivity contribution in [3.8, 4) is 0 Å². The molecule has 0 bridgehead atoms. The van der Waals surface area contributed by atoms with Gasteiger partial charge < -0.3 is 9.88 Å². The van der Waals surface area contributed by atoms with Crippen molar-refractivity contribution >= 4 is 0 Å². The van der Waals surface area contributed by atoms with Crippen molar-refractivity contribution in [3.05, 3.63) is 108 Å². The Bertz CT molecular complexity index is 899. The molecule has 1 aromatic heterocycles. The first-order chi connectivity index (χ1) is 14.5. The van der Waals surface area contributed by atoms with Crippen LogP contribution in [0.25, 0.3) is 0 Å². The molecule has 1 saturated carbocycles. The first-order valence-corrected chi connectivity index (χ1v) is 10.8. The van der Waals surface area contributed by atoms with Crippen LogP contribution in [0.15, 0.2) is 90.8 Å². The van der Waals surface area contributed by atoms with Gasteiger partial charge in [-0.25, -0.2) is 4.39 Å². The van der Waals surface area contributed by atoms with Crippen molar-refractivity contribution in [2.24, 2.45) is 5.92 Å². The third-order valence-corrected chi connectivity index (χ3v) is 5.66. The van der Waals surface area contributed by atoms with Gasteiger partial charge in [-0.2, -0.15) is 0 Å². The molecule has 0 aliphatic heterocycles. The molecular weight excluding hydrogens is 371 g/mol. The highest BCUT2D eigenvalue weighted by atomic mass is 19.1. The lowest BCUT2D eigenvalue weighted by molar-refractivity contribution is 0.243. The summed E-state index contributed by atoms with van der Waals surface area (Å²) in [5.41, 5.74) is 5.80. The summed E-state index contributed by atoms with van der Waals surface area (Å²) in [4.78, 5) is 5.81. The van der Waals surface area contributed by atoms with E-state index in [1.807, 2.05) is 31.3 Å². The quantitative estimate of drug-likeness (QED) is 0.401. The molecule has 1 fully saturated rings. The second kappa shape index (κ2) is 10.3. The molecule has 158 valence electrons. The van der Waals surface area contributed by atoms with E-state index in [9.17, 15) is 4.39 Å². The van der Waals surface area contributed by atoms with E-state index in [1.165, 1.54) is 36.2 Å². The number of nitrogens with zero attached hydrogens (tertiary/aromatic N) is 1. The molecule has 2 aromatic rings. The molecule has 1 heterocycles. The van der Waals surface area contributed by atoms with E-state index >= 15 is 0 Å². The predicted octanol–water partition coefficient (Wildman–Crippen LogP) is 6.96. The fraction of sp³-hybridized carbons (Fsp3) is 0.333. The zero-order valence-corrected chi connectivity index (χ0v) is 18.2. The van der Waals surface area contributed by atoms with E-state index in [-0.39, 0.29) is 5.82 Å². The third kappa shape index (κ3) is 6.09. The number of H-pyrrole nitrogens is 1. The van der Waals surface area contributed by atoms with Gasteiger partial charge in [-0.1, -0.05) is 49.1 Å². The molecule has 1 aromatic carbocycles. The van der Waals surface area contributed by atoms with E-state index in [2.05, 4.69) is 54.3 Å². The van der Waals surface area contributed by atoms with Crippen LogP contribution >= 0.6 is 0 Å². The number of allylic oxidation sites excluding steroid dienone is 4. The summed E-state index contributed by atoms with van der Waals surface area (Å²) >= 11 is 0. The van der Waals surface area contributed by atoms with Gasteiger partial charge in [0.05, 0.1) is 12.6 Å². The topological polar surface area (TPSA) is 19.0 Å². The number of nitrogens with one attached hydrogen (secondary N) is 1. The first-order valence-electron chi connectivity index (χ1n) is 10.8. The average Bonchev–Trinajstić information content (AvgIpc) is 3.43. The van der Waals surface area contributed by atoms with Crippen LogP contribution in [0.1, 0.15) is 44.4 Å². The molecule has 1 aliphatic carbocycles. The Labute approximate surface area is 180 Å². The molecule has 0 spiro atoms. The van der Waals surface area contributed by atoms with Gasteiger partial charge in [0, 0.05) is 17.6 Å². The largest absolute Gasteiger partial charge is 0.364 e. The van der Waals surface area contributed by atoms with Crippen LogP contribution in [-0.2, 0) is 13.0 Å². The summed E-state index contributed by atoms with van der Waals surface area (Å²) in [7, 11) is 0. The monoisotopic (exact) mass is 404 g/mol. The number of hydrogen-bond acceptors (Lipinski definition) is 1. The minimum Gasteiger partial charge on any atom is -0.364 e. The Morgan fingerprint density at radius 3 is 2.50 bits per heavy atom. The molecule has 2 nitrogen and oxygen atoms in total. The van der Waals surface area contributed by atoms with Gasteiger partial charge in [0.2, 0.25) is 0 Å². The number of halogens is 1. The van der Waals surface area contributed by atoms with Crippen LogP contribution in [0.5, 0.6) is 0 Å². The molecule has 3 rings (SSSR count). The minimum absolute atomic E-state index is 0.193. The maximum Gasteiger partial charge on any atom is 0.123 e. The first kappa shape index (κ1) is 21.9. The summed E-state index contributed by atoms with van der Waals surface area (Å²) in [5, 5.41) is 0. The van der Waals surface area contributed by atoms with Crippen molar-refractivity contribution in [2.75, 3.05) is 0 Å². The highest BCUT2D eigenvalue weighted by molar-refractivity contribution is 5.32. The standard InChI is InChI=1S/C27H33FN2/c1-5-23(13-8-20(2)3)27(24-14-15-24)30(19-26-7-6-18-29-26)21(4)9-10-22-11-16-25(28)17-12-22/h5-8,11-13,16-18,24,27,29H,2,4,9-10,14-15,19H2,1,3H3/b13-8-,23-5+. The zero-order valence-electron chi connectivity index (χ0n) is 18.2. The summed E-state index contributed by atoms with van der Waals surface area (Å²) < 4.78 is 13.2. The van der Waals surface area contributed by atoms with Crippen molar-refractivity contribution < 1.29 is 4.39 Å². The lowest BCUT2D eigenvalue weighted by Gasteiger charge is -2.36. The van der Waals surface area contributed by atoms with E-state index in [0.29, 0.717) is 12.0 Å². The Hall–Kier alpha value is -2.81. The van der Waals surface area contributed by atoms with Gasteiger partial charge in [0.15, 0.2) is 0 Å². The van der Waals surface area contributed by atoms with E-state index < -0.39 is 0 Å². The zero-order chi connectivity index (χ0) is 21.5. The summed E-state index contributed by atoms with van der Waals surface area (Å²) in [6.07, 6.45) is 12.7. The smallest absolute Gasteiger partial charge is 0.123 e. The van der Waals surface area contributed by atoms with E-state index in [4.69, 9.17) is 0 Å². The Balaban J connectivity index is 1.82. The van der Waals surface area contributed by atoms with Crippen molar-refractivity contribution in [2.45, 2.75) is 52.1 Å².